The summed E-state index contributed by atoms with van der Waals surface area (Å²) in [6.45, 7) is 3.93. The zero-order valence-electron chi connectivity index (χ0n) is 10.2. The topological polar surface area (TPSA) is 42.0 Å². The minimum Gasteiger partial charge on any atom is -0.343 e. The van der Waals surface area contributed by atoms with Crippen LogP contribution in [0.15, 0.2) is 35.4 Å². The van der Waals surface area contributed by atoms with E-state index < -0.39 is 0 Å². The van der Waals surface area contributed by atoms with E-state index in [1.807, 2.05) is 32.2 Å². The van der Waals surface area contributed by atoms with Crippen molar-refractivity contribution >= 4 is 29.9 Å². The molecule has 2 rings (SSSR count). The number of nitrogens with one attached hydrogen (secondary N) is 1. The Balaban J connectivity index is 2.10. The standard InChI is InChI=1S/C13H14N2OS2/c1-8-7-14-13(18-8)9(2)15-12(16)10-5-3-4-6-11(10)17/h3-7,9,17H,1-2H3,(H,15,16). The Morgan fingerprint density at radius 1 is 1.44 bits per heavy atom. The highest BCUT2D eigenvalue weighted by molar-refractivity contribution is 7.80. The van der Waals surface area contributed by atoms with Crippen LogP contribution in [0, 0.1) is 6.92 Å². The fourth-order valence-corrected chi connectivity index (χ4v) is 2.61. The number of hydrogen-bond acceptors (Lipinski definition) is 4. The van der Waals surface area contributed by atoms with Crippen molar-refractivity contribution in [1.82, 2.24) is 10.3 Å². The largest absolute Gasteiger partial charge is 0.343 e. The predicted octanol–water partition coefficient (Wildman–Crippen LogP) is 3.23. The summed E-state index contributed by atoms with van der Waals surface area (Å²) in [4.78, 5) is 18.2. The zero-order valence-corrected chi connectivity index (χ0v) is 11.9. The van der Waals surface area contributed by atoms with E-state index in [0.29, 0.717) is 10.5 Å². The van der Waals surface area contributed by atoms with Gasteiger partial charge in [-0.25, -0.2) is 4.98 Å². The van der Waals surface area contributed by atoms with Crippen LogP contribution in [0.2, 0.25) is 0 Å². The second-order valence-corrected chi connectivity index (χ2v) is 5.77. The summed E-state index contributed by atoms with van der Waals surface area (Å²) in [5, 5.41) is 3.84. The molecule has 0 saturated carbocycles. The Morgan fingerprint density at radius 2 is 2.17 bits per heavy atom. The van der Waals surface area contributed by atoms with Crippen molar-refractivity contribution in [2.45, 2.75) is 24.8 Å². The third-order valence-electron chi connectivity index (χ3n) is 2.51. The molecule has 1 atom stereocenters. The third-order valence-corrected chi connectivity index (χ3v) is 3.99. The number of thiol groups is 1. The number of thiazole rings is 1. The summed E-state index contributed by atoms with van der Waals surface area (Å²) in [5.74, 6) is -0.124. The Morgan fingerprint density at radius 3 is 2.78 bits per heavy atom. The highest BCUT2D eigenvalue weighted by Crippen LogP contribution is 2.20. The van der Waals surface area contributed by atoms with Gasteiger partial charge in [0.2, 0.25) is 0 Å². The van der Waals surface area contributed by atoms with Gasteiger partial charge in [-0.05, 0) is 26.0 Å². The average molecular weight is 278 g/mol. The minimum atomic E-state index is -0.124. The van der Waals surface area contributed by atoms with Crippen LogP contribution in [0.4, 0.5) is 0 Å². The van der Waals surface area contributed by atoms with Gasteiger partial charge in [-0.15, -0.1) is 24.0 Å². The van der Waals surface area contributed by atoms with Crippen molar-refractivity contribution in [2.75, 3.05) is 0 Å². The lowest BCUT2D eigenvalue weighted by molar-refractivity contribution is 0.0937. The maximum Gasteiger partial charge on any atom is 0.252 e. The smallest absolute Gasteiger partial charge is 0.252 e. The molecule has 1 N–H and O–H groups in total. The molecule has 94 valence electrons. The lowest BCUT2D eigenvalue weighted by Gasteiger charge is -2.12. The molecule has 2 aromatic rings. The van der Waals surface area contributed by atoms with Gasteiger partial charge < -0.3 is 5.32 Å². The molecule has 0 aliphatic heterocycles. The molecular formula is C13H14N2OS2. The van der Waals surface area contributed by atoms with Crippen LogP contribution in [0.25, 0.3) is 0 Å². The van der Waals surface area contributed by atoms with Crippen molar-refractivity contribution in [3.05, 3.63) is 45.9 Å². The summed E-state index contributed by atoms with van der Waals surface area (Å²) in [5.41, 5.74) is 0.584. The molecule has 1 unspecified atom stereocenters. The molecule has 1 aromatic heterocycles. The molecule has 1 heterocycles. The van der Waals surface area contributed by atoms with E-state index in [2.05, 4.69) is 22.9 Å². The predicted molar refractivity (Wildman–Crippen MR) is 76.4 cm³/mol. The number of benzene rings is 1. The minimum absolute atomic E-state index is 0.0934. The van der Waals surface area contributed by atoms with E-state index in [0.717, 1.165) is 9.88 Å². The first-order valence-corrected chi connectivity index (χ1v) is 6.85. The lowest BCUT2D eigenvalue weighted by Crippen LogP contribution is -2.26. The highest BCUT2D eigenvalue weighted by Gasteiger charge is 2.15. The quantitative estimate of drug-likeness (QED) is 0.846. The number of nitrogens with zero attached hydrogens (tertiary/aromatic N) is 1. The fourth-order valence-electron chi connectivity index (χ4n) is 1.57. The van der Waals surface area contributed by atoms with E-state index >= 15 is 0 Å². The van der Waals surface area contributed by atoms with Gasteiger partial charge in [-0.3, -0.25) is 4.79 Å². The van der Waals surface area contributed by atoms with Gasteiger partial charge in [0.05, 0.1) is 11.6 Å². The van der Waals surface area contributed by atoms with Gasteiger partial charge in [0, 0.05) is 16.0 Å². The Hall–Kier alpha value is -1.33. The van der Waals surface area contributed by atoms with Crippen LogP contribution < -0.4 is 5.32 Å². The number of carbonyl (C=O) groups is 1. The van der Waals surface area contributed by atoms with Gasteiger partial charge in [0.1, 0.15) is 5.01 Å². The number of amides is 1. The van der Waals surface area contributed by atoms with Crippen LogP contribution in [-0.2, 0) is 0 Å². The van der Waals surface area contributed by atoms with Gasteiger partial charge >= 0.3 is 0 Å². The van der Waals surface area contributed by atoms with E-state index in [4.69, 9.17) is 0 Å². The summed E-state index contributed by atoms with van der Waals surface area (Å²) in [6, 6.07) is 7.15. The van der Waals surface area contributed by atoms with Gasteiger partial charge in [0.25, 0.3) is 5.91 Å². The van der Waals surface area contributed by atoms with E-state index in [1.54, 1.807) is 23.5 Å². The van der Waals surface area contributed by atoms with Crippen molar-refractivity contribution in [3.63, 3.8) is 0 Å². The van der Waals surface area contributed by atoms with Gasteiger partial charge in [0.15, 0.2) is 0 Å². The molecule has 1 aromatic carbocycles. The molecule has 0 aliphatic rings. The first-order chi connectivity index (χ1) is 8.58. The monoisotopic (exact) mass is 278 g/mol. The molecule has 0 radical (unpaired) electrons. The number of carbonyl (C=O) groups excluding carboxylic acids is 1. The van der Waals surface area contributed by atoms with Crippen molar-refractivity contribution in [3.8, 4) is 0 Å². The number of aromatic nitrogens is 1. The lowest BCUT2D eigenvalue weighted by atomic mass is 10.2. The van der Waals surface area contributed by atoms with E-state index in [1.165, 1.54) is 0 Å². The van der Waals surface area contributed by atoms with Crippen LogP contribution in [0.3, 0.4) is 0 Å². The second kappa shape index (κ2) is 5.54. The molecule has 1 amide bonds. The van der Waals surface area contributed by atoms with Gasteiger partial charge in [-0.2, -0.15) is 0 Å². The van der Waals surface area contributed by atoms with Crippen LogP contribution in [0.1, 0.15) is 33.2 Å². The molecule has 0 spiro atoms. The molecule has 3 nitrogen and oxygen atoms in total. The summed E-state index contributed by atoms with van der Waals surface area (Å²) < 4.78 is 0. The zero-order chi connectivity index (χ0) is 13.1. The first-order valence-electron chi connectivity index (χ1n) is 5.59. The third kappa shape index (κ3) is 2.91. The number of aryl methyl sites for hydroxylation is 1. The van der Waals surface area contributed by atoms with Crippen molar-refractivity contribution in [1.29, 1.82) is 0 Å². The summed E-state index contributed by atoms with van der Waals surface area (Å²) >= 11 is 5.87. The molecule has 0 aliphatic carbocycles. The SMILES string of the molecule is Cc1cnc(C(C)NC(=O)c2ccccc2S)s1. The Bertz CT molecular complexity index is 566. The van der Waals surface area contributed by atoms with Crippen molar-refractivity contribution in [2.24, 2.45) is 0 Å². The highest BCUT2D eigenvalue weighted by atomic mass is 32.1. The fraction of sp³-hybridized carbons (Fsp3) is 0.231. The van der Waals surface area contributed by atoms with Crippen molar-refractivity contribution < 1.29 is 4.79 Å². The van der Waals surface area contributed by atoms with E-state index in [-0.39, 0.29) is 11.9 Å². The summed E-state index contributed by atoms with van der Waals surface area (Å²) in [6.07, 6.45) is 1.81. The molecule has 0 bridgehead atoms. The van der Waals surface area contributed by atoms with Crippen LogP contribution >= 0.6 is 24.0 Å². The van der Waals surface area contributed by atoms with Crippen LogP contribution in [-0.4, -0.2) is 10.9 Å². The number of rotatable bonds is 3. The molecule has 0 fully saturated rings. The Labute approximate surface area is 116 Å². The second-order valence-electron chi connectivity index (χ2n) is 4.02. The molecule has 0 saturated heterocycles. The van der Waals surface area contributed by atoms with Crippen LogP contribution in [0.5, 0.6) is 0 Å². The average Bonchev–Trinajstić information content (AvgIpc) is 2.76. The number of hydrogen-bond donors (Lipinski definition) is 2. The normalized spacial score (nSPS) is 12.2. The maximum atomic E-state index is 12.1. The van der Waals surface area contributed by atoms with Gasteiger partial charge in [-0.1, -0.05) is 12.1 Å². The summed E-state index contributed by atoms with van der Waals surface area (Å²) in [7, 11) is 0. The Kier molecular flexibility index (Phi) is 4.04. The first kappa shape index (κ1) is 13.1. The molecule has 5 heteroatoms. The molecule has 18 heavy (non-hydrogen) atoms. The van der Waals surface area contributed by atoms with E-state index in [9.17, 15) is 4.79 Å². The molecular weight excluding hydrogens is 264 g/mol. The maximum absolute atomic E-state index is 12.1.